The third kappa shape index (κ3) is 196. The van der Waals surface area contributed by atoms with E-state index in [4.69, 9.17) is 0 Å². The van der Waals surface area contributed by atoms with Crippen molar-refractivity contribution in [1.82, 2.24) is 0 Å². The molecule has 0 nitrogen and oxygen atoms in total. The molecule has 0 heterocycles. The van der Waals surface area contributed by atoms with E-state index < -0.39 is 0 Å². The normalized spacial score (nSPS) is 7.41. The van der Waals surface area contributed by atoms with Crippen molar-refractivity contribution in [3.8, 4) is 0 Å². The van der Waals surface area contributed by atoms with Gasteiger partial charge in [-0.05, 0) is 11.8 Å². The second-order valence-electron chi connectivity index (χ2n) is 4.36. The molecule has 0 spiro atoms. The molecule has 17 heavy (non-hydrogen) atoms. The maximum absolute atomic E-state index is 2.28. The first kappa shape index (κ1) is 30.2. The molecule has 0 aliphatic rings. The van der Waals surface area contributed by atoms with E-state index >= 15 is 0 Å². The van der Waals surface area contributed by atoms with Crippen LogP contribution in [-0.2, 0) is 0 Å². The molecule has 0 fully saturated rings. The van der Waals surface area contributed by atoms with E-state index in [-0.39, 0.29) is 0 Å². The summed E-state index contributed by atoms with van der Waals surface area (Å²) in [6.45, 7) is 25.5. The molecule has 0 N–H and O–H groups in total. The highest BCUT2D eigenvalue weighted by atomic mass is 13.9. The van der Waals surface area contributed by atoms with Gasteiger partial charge < -0.3 is 0 Å². The fourth-order valence-electron chi connectivity index (χ4n) is 0.289. The van der Waals surface area contributed by atoms with Crippen molar-refractivity contribution >= 4 is 0 Å². The van der Waals surface area contributed by atoms with E-state index in [0.717, 1.165) is 11.8 Å². The van der Waals surface area contributed by atoms with Crippen molar-refractivity contribution in [2.24, 2.45) is 11.8 Å². The second-order valence-corrected chi connectivity index (χ2v) is 4.36. The van der Waals surface area contributed by atoms with E-state index in [1.165, 1.54) is 19.3 Å². The standard InChI is InChI=1S/C6H14.C4H10.C3H8.2C2H6/c1-4-6(3)5-2;1-4(2)3;1-3-2;2*1-2/h6H,4-5H2,1-3H3;4H,1-3H3;3H2,1-2H3;2*1-2H3. The van der Waals surface area contributed by atoms with Crippen LogP contribution in [0, 0.1) is 11.8 Å². The molecule has 0 saturated heterocycles. The third-order valence-electron chi connectivity index (χ3n) is 1.39. The predicted octanol–water partition coefficient (Wildman–Crippen LogP) is 7.57. The maximum atomic E-state index is 2.28. The highest BCUT2D eigenvalue weighted by Gasteiger charge is 1.88. The van der Waals surface area contributed by atoms with Gasteiger partial charge in [-0.2, -0.15) is 0 Å². The van der Waals surface area contributed by atoms with Gasteiger partial charge in [0, 0.05) is 0 Å². The summed E-state index contributed by atoms with van der Waals surface area (Å²) in [5.41, 5.74) is 0. The van der Waals surface area contributed by atoms with Gasteiger partial charge in [0.05, 0.1) is 0 Å². The lowest BCUT2D eigenvalue weighted by molar-refractivity contribution is 0.544. The molecule has 0 atom stereocenters. The van der Waals surface area contributed by atoms with Gasteiger partial charge in [0.1, 0.15) is 0 Å². The van der Waals surface area contributed by atoms with Crippen LogP contribution in [0.5, 0.6) is 0 Å². The number of rotatable bonds is 2. The van der Waals surface area contributed by atoms with Crippen LogP contribution in [0.1, 0.15) is 102 Å². The minimum Gasteiger partial charge on any atom is -0.0683 e. The zero-order chi connectivity index (χ0) is 15.3. The molecule has 112 valence electrons. The summed E-state index contributed by atoms with van der Waals surface area (Å²) >= 11 is 0. The summed E-state index contributed by atoms with van der Waals surface area (Å²) in [5, 5.41) is 0. The lowest BCUT2D eigenvalue weighted by Gasteiger charge is -1.98. The molecular formula is C17H44. The van der Waals surface area contributed by atoms with Gasteiger partial charge >= 0.3 is 0 Å². The topological polar surface area (TPSA) is 0 Å². The summed E-state index contributed by atoms with van der Waals surface area (Å²) < 4.78 is 0. The molecule has 0 bridgehead atoms. The lowest BCUT2D eigenvalue weighted by Crippen LogP contribution is -1.85. The Balaban J connectivity index is -0.0000000385. The molecule has 0 saturated carbocycles. The van der Waals surface area contributed by atoms with E-state index in [9.17, 15) is 0 Å². The number of hydrogen-bond acceptors (Lipinski definition) is 0. The first-order valence-corrected chi connectivity index (χ1v) is 7.95. The van der Waals surface area contributed by atoms with Crippen LogP contribution in [0.25, 0.3) is 0 Å². The van der Waals surface area contributed by atoms with Gasteiger partial charge in [-0.1, -0.05) is 102 Å². The van der Waals surface area contributed by atoms with Crippen LogP contribution < -0.4 is 0 Å². The largest absolute Gasteiger partial charge is 0.0683 e. The molecule has 0 aromatic rings. The Kier molecular flexibility index (Phi) is 79.0. The van der Waals surface area contributed by atoms with Crippen LogP contribution in [-0.4, -0.2) is 0 Å². The van der Waals surface area contributed by atoms with Crippen molar-refractivity contribution < 1.29 is 0 Å². The van der Waals surface area contributed by atoms with Gasteiger partial charge in [0.15, 0.2) is 0 Å². The third-order valence-corrected chi connectivity index (χ3v) is 1.39. The van der Waals surface area contributed by atoms with Crippen molar-refractivity contribution in [1.29, 1.82) is 0 Å². The Hall–Kier alpha value is 0. The molecule has 0 rings (SSSR count). The first-order chi connectivity index (χ1) is 7.95. The zero-order valence-electron chi connectivity index (χ0n) is 15.3. The Bertz CT molecular complexity index is 48.3. The maximum Gasteiger partial charge on any atom is -0.0448 e. The van der Waals surface area contributed by atoms with Crippen LogP contribution in [0.15, 0.2) is 0 Å². The van der Waals surface area contributed by atoms with Gasteiger partial charge in [0.25, 0.3) is 0 Å². The Morgan fingerprint density at radius 3 is 0.706 bits per heavy atom. The van der Waals surface area contributed by atoms with Gasteiger partial charge in [-0.25, -0.2) is 0 Å². The fourth-order valence-corrected chi connectivity index (χ4v) is 0.289. The van der Waals surface area contributed by atoms with Crippen LogP contribution >= 0.6 is 0 Å². The van der Waals surface area contributed by atoms with Crippen molar-refractivity contribution in [3.05, 3.63) is 0 Å². The first-order valence-electron chi connectivity index (χ1n) is 7.95. The molecule has 0 heteroatoms. The Morgan fingerprint density at radius 2 is 0.706 bits per heavy atom. The van der Waals surface area contributed by atoms with Gasteiger partial charge in [0.2, 0.25) is 0 Å². The minimum atomic E-state index is 0.833. The summed E-state index contributed by atoms with van der Waals surface area (Å²) in [6, 6.07) is 0. The molecule has 0 unspecified atom stereocenters. The zero-order valence-corrected chi connectivity index (χ0v) is 15.3. The van der Waals surface area contributed by atoms with E-state index in [2.05, 4.69) is 55.4 Å². The van der Waals surface area contributed by atoms with Crippen LogP contribution in [0.3, 0.4) is 0 Å². The quantitative estimate of drug-likeness (QED) is 0.472. The molecule has 0 aliphatic carbocycles. The summed E-state index contributed by atoms with van der Waals surface area (Å²) in [6.07, 6.45) is 3.91. The predicted molar refractivity (Wildman–Crippen MR) is 88.9 cm³/mol. The van der Waals surface area contributed by atoms with Crippen LogP contribution in [0.4, 0.5) is 0 Å². The lowest BCUT2D eigenvalue weighted by atomic mass is 10.1. The Labute approximate surface area is 115 Å². The minimum absolute atomic E-state index is 0.833. The summed E-state index contributed by atoms with van der Waals surface area (Å²) in [5.74, 6) is 1.77. The summed E-state index contributed by atoms with van der Waals surface area (Å²) in [4.78, 5) is 0. The molecule has 0 aromatic heterocycles. The average Bonchev–Trinajstić information content (AvgIpc) is 2.33. The van der Waals surface area contributed by atoms with Crippen molar-refractivity contribution in [3.63, 3.8) is 0 Å². The average molecular weight is 249 g/mol. The molecule has 0 amide bonds. The summed E-state index contributed by atoms with van der Waals surface area (Å²) in [7, 11) is 0. The monoisotopic (exact) mass is 248 g/mol. The van der Waals surface area contributed by atoms with Gasteiger partial charge in [-0.15, -0.1) is 0 Å². The highest BCUT2D eigenvalue weighted by Crippen LogP contribution is 2.02. The SMILES string of the molecule is CC.CC.CC(C)C.CCC.CCC(C)CC. The second kappa shape index (κ2) is 44.4. The molecule has 0 radical (unpaired) electrons. The van der Waals surface area contributed by atoms with E-state index in [0.29, 0.717) is 0 Å². The van der Waals surface area contributed by atoms with Crippen molar-refractivity contribution in [2.45, 2.75) is 102 Å². The van der Waals surface area contributed by atoms with E-state index in [1.54, 1.807) is 0 Å². The fraction of sp³-hybridized carbons (Fsp3) is 1.00. The number of hydrogen-bond donors (Lipinski definition) is 0. The molecule has 0 aliphatic heterocycles. The Morgan fingerprint density at radius 1 is 0.588 bits per heavy atom. The molecular weight excluding hydrogens is 204 g/mol. The smallest absolute Gasteiger partial charge is 0.0448 e. The van der Waals surface area contributed by atoms with Crippen molar-refractivity contribution in [2.75, 3.05) is 0 Å². The highest BCUT2D eigenvalue weighted by molar-refractivity contribution is 4.41. The van der Waals surface area contributed by atoms with Crippen LogP contribution in [0.2, 0.25) is 0 Å². The van der Waals surface area contributed by atoms with Gasteiger partial charge in [-0.3, -0.25) is 0 Å². The molecule has 0 aromatic carbocycles. The van der Waals surface area contributed by atoms with E-state index in [1.807, 2.05) is 27.7 Å².